The molecule has 0 saturated heterocycles. The first kappa shape index (κ1) is 20.9. The second kappa shape index (κ2) is 10.1. The van der Waals surface area contributed by atoms with E-state index in [4.69, 9.17) is 4.42 Å². The van der Waals surface area contributed by atoms with E-state index < -0.39 is 0 Å². The molecule has 0 amide bonds. The zero-order valence-electron chi connectivity index (χ0n) is 18.3. The molecule has 0 aliphatic rings. The summed E-state index contributed by atoms with van der Waals surface area (Å²) in [7, 11) is 0. The van der Waals surface area contributed by atoms with Gasteiger partial charge in [0.2, 0.25) is 11.8 Å². The van der Waals surface area contributed by atoms with Crippen LogP contribution in [-0.4, -0.2) is 15.1 Å². The number of nitrogens with zero attached hydrogens (tertiary/aromatic N) is 3. The van der Waals surface area contributed by atoms with Gasteiger partial charge in [0, 0.05) is 18.7 Å². The van der Waals surface area contributed by atoms with Crippen molar-refractivity contribution in [3.63, 3.8) is 0 Å². The molecular weight excluding hydrogens is 406 g/mol. The average molecular weight is 432 g/mol. The Balaban J connectivity index is 1.57. The third kappa shape index (κ3) is 5.08. The molecule has 1 aromatic heterocycles. The fourth-order valence-electron chi connectivity index (χ4n) is 4.06. The average Bonchev–Trinajstić information content (AvgIpc) is 3.36. The normalized spacial score (nSPS) is 12.0. The van der Waals surface area contributed by atoms with Gasteiger partial charge in [-0.2, -0.15) is 0 Å². The van der Waals surface area contributed by atoms with E-state index in [0.29, 0.717) is 11.8 Å². The van der Waals surface area contributed by atoms with Gasteiger partial charge in [0.25, 0.3) is 0 Å². The summed E-state index contributed by atoms with van der Waals surface area (Å²) in [5.74, 6) is 1.12. The summed E-state index contributed by atoms with van der Waals surface area (Å²) in [6.45, 7) is 1.50. The van der Waals surface area contributed by atoms with Crippen LogP contribution in [-0.2, 0) is 13.1 Å². The summed E-state index contributed by atoms with van der Waals surface area (Å²) in [6.07, 6.45) is 0. The van der Waals surface area contributed by atoms with Crippen molar-refractivity contribution in [1.82, 2.24) is 15.1 Å². The molecule has 0 N–H and O–H groups in total. The number of benzene rings is 4. The number of hydrogen-bond acceptors (Lipinski definition) is 4. The first-order valence-corrected chi connectivity index (χ1v) is 11.1. The summed E-state index contributed by atoms with van der Waals surface area (Å²) < 4.78 is 6.28. The Bertz CT molecular complexity index is 1210. The van der Waals surface area contributed by atoms with Gasteiger partial charge in [0.05, 0.1) is 0 Å². The third-order valence-corrected chi connectivity index (χ3v) is 5.63. The summed E-state index contributed by atoms with van der Waals surface area (Å²) >= 11 is 0. The molecule has 4 aromatic carbocycles. The van der Waals surface area contributed by atoms with Crippen LogP contribution in [0.3, 0.4) is 0 Å². The smallest absolute Gasteiger partial charge is 0.247 e. The largest absolute Gasteiger partial charge is 0.419 e. The highest BCUT2D eigenvalue weighted by atomic mass is 16.4. The van der Waals surface area contributed by atoms with E-state index in [-0.39, 0.29) is 6.04 Å². The van der Waals surface area contributed by atoms with Crippen molar-refractivity contribution in [3.05, 3.63) is 144 Å². The van der Waals surface area contributed by atoms with Crippen LogP contribution in [0.1, 0.15) is 28.6 Å². The van der Waals surface area contributed by atoms with Crippen molar-refractivity contribution < 1.29 is 4.42 Å². The van der Waals surface area contributed by atoms with E-state index in [0.717, 1.165) is 24.2 Å². The van der Waals surface area contributed by atoms with Crippen LogP contribution in [0.15, 0.2) is 126 Å². The van der Waals surface area contributed by atoms with Gasteiger partial charge in [0.15, 0.2) is 0 Å². The second-order valence-electron chi connectivity index (χ2n) is 8.00. The van der Waals surface area contributed by atoms with Gasteiger partial charge in [-0.1, -0.05) is 109 Å². The first-order valence-electron chi connectivity index (χ1n) is 11.1. The molecular formula is C29H25N3O. The maximum atomic E-state index is 6.28. The molecule has 0 radical (unpaired) electrons. The predicted octanol–water partition coefficient (Wildman–Crippen LogP) is 6.53. The lowest BCUT2D eigenvalue weighted by atomic mass is 10.0. The monoisotopic (exact) mass is 431 g/mol. The van der Waals surface area contributed by atoms with Gasteiger partial charge in [-0.05, 0) is 28.8 Å². The highest BCUT2D eigenvalue weighted by molar-refractivity contribution is 5.52. The minimum Gasteiger partial charge on any atom is -0.419 e. The van der Waals surface area contributed by atoms with Crippen LogP contribution < -0.4 is 0 Å². The van der Waals surface area contributed by atoms with Gasteiger partial charge in [-0.15, -0.1) is 10.2 Å². The van der Waals surface area contributed by atoms with Crippen LogP contribution in [0.5, 0.6) is 0 Å². The van der Waals surface area contributed by atoms with Gasteiger partial charge in [-0.3, -0.25) is 4.90 Å². The molecule has 1 heterocycles. The molecule has 5 rings (SSSR count). The van der Waals surface area contributed by atoms with Crippen molar-refractivity contribution >= 4 is 0 Å². The molecule has 1 atom stereocenters. The van der Waals surface area contributed by atoms with Gasteiger partial charge in [-0.25, -0.2) is 0 Å². The molecule has 0 spiro atoms. The Labute approximate surface area is 194 Å². The van der Waals surface area contributed by atoms with Crippen molar-refractivity contribution in [1.29, 1.82) is 0 Å². The van der Waals surface area contributed by atoms with Gasteiger partial charge >= 0.3 is 0 Å². The van der Waals surface area contributed by atoms with E-state index in [1.807, 2.05) is 48.5 Å². The molecule has 4 heteroatoms. The topological polar surface area (TPSA) is 42.2 Å². The fraction of sp³-hybridized carbons (Fsp3) is 0.103. The Morgan fingerprint density at radius 1 is 0.576 bits per heavy atom. The van der Waals surface area contributed by atoms with Crippen molar-refractivity contribution in [2.75, 3.05) is 0 Å². The van der Waals surface area contributed by atoms with E-state index in [1.165, 1.54) is 11.1 Å². The third-order valence-electron chi connectivity index (χ3n) is 5.63. The summed E-state index contributed by atoms with van der Waals surface area (Å²) in [5, 5.41) is 8.90. The first-order chi connectivity index (χ1) is 16.4. The predicted molar refractivity (Wildman–Crippen MR) is 130 cm³/mol. The fourth-order valence-corrected chi connectivity index (χ4v) is 4.06. The van der Waals surface area contributed by atoms with Crippen molar-refractivity contribution in [2.45, 2.75) is 19.1 Å². The number of aromatic nitrogens is 2. The van der Waals surface area contributed by atoms with Crippen LogP contribution >= 0.6 is 0 Å². The second-order valence-corrected chi connectivity index (χ2v) is 8.00. The Hall–Kier alpha value is -4.02. The molecule has 0 saturated carbocycles. The SMILES string of the molecule is c1ccc(CN(Cc2ccccc2)C(c2ccccc2)c2nnc(-c3ccccc3)o2)cc1. The zero-order valence-corrected chi connectivity index (χ0v) is 18.3. The number of rotatable bonds is 8. The molecule has 4 nitrogen and oxygen atoms in total. The van der Waals surface area contributed by atoms with Crippen LogP contribution in [0.2, 0.25) is 0 Å². The summed E-state index contributed by atoms with van der Waals surface area (Å²) in [4.78, 5) is 2.39. The quantitative estimate of drug-likeness (QED) is 0.280. The summed E-state index contributed by atoms with van der Waals surface area (Å²) in [5.41, 5.74) is 4.50. The molecule has 1 unspecified atom stereocenters. The lowest BCUT2D eigenvalue weighted by Crippen LogP contribution is -2.29. The molecule has 0 aliphatic carbocycles. The number of hydrogen-bond donors (Lipinski definition) is 0. The summed E-state index contributed by atoms with van der Waals surface area (Å²) in [6, 6.07) is 41.1. The highest BCUT2D eigenvalue weighted by Crippen LogP contribution is 2.32. The Kier molecular flexibility index (Phi) is 6.36. The van der Waals surface area contributed by atoms with Crippen LogP contribution in [0, 0.1) is 0 Å². The van der Waals surface area contributed by atoms with Crippen molar-refractivity contribution in [3.8, 4) is 11.5 Å². The lowest BCUT2D eigenvalue weighted by molar-refractivity contribution is 0.181. The minimum absolute atomic E-state index is 0.184. The van der Waals surface area contributed by atoms with Gasteiger partial charge in [0.1, 0.15) is 6.04 Å². The Morgan fingerprint density at radius 2 is 1.06 bits per heavy atom. The molecule has 5 aromatic rings. The van der Waals surface area contributed by atoms with E-state index >= 15 is 0 Å². The Morgan fingerprint density at radius 3 is 1.61 bits per heavy atom. The zero-order chi connectivity index (χ0) is 22.3. The molecule has 162 valence electrons. The lowest BCUT2D eigenvalue weighted by Gasteiger charge is -2.30. The molecule has 33 heavy (non-hydrogen) atoms. The van der Waals surface area contributed by atoms with E-state index in [1.54, 1.807) is 0 Å². The van der Waals surface area contributed by atoms with E-state index in [2.05, 4.69) is 87.9 Å². The molecule has 0 bridgehead atoms. The maximum absolute atomic E-state index is 6.28. The minimum atomic E-state index is -0.184. The van der Waals surface area contributed by atoms with Gasteiger partial charge < -0.3 is 4.42 Å². The van der Waals surface area contributed by atoms with Crippen LogP contribution in [0.25, 0.3) is 11.5 Å². The molecule has 0 fully saturated rings. The van der Waals surface area contributed by atoms with E-state index in [9.17, 15) is 0 Å². The standard InChI is InChI=1S/C29H25N3O/c1-5-13-23(14-6-1)21-32(22-24-15-7-2-8-16-24)27(25-17-9-3-10-18-25)29-31-30-28(33-29)26-19-11-4-12-20-26/h1-20,27H,21-22H2. The van der Waals surface area contributed by atoms with Crippen molar-refractivity contribution in [2.24, 2.45) is 0 Å². The van der Waals surface area contributed by atoms with Crippen LogP contribution in [0.4, 0.5) is 0 Å². The maximum Gasteiger partial charge on any atom is 0.247 e. The highest BCUT2D eigenvalue weighted by Gasteiger charge is 2.28. The molecule has 0 aliphatic heterocycles.